The van der Waals surface area contributed by atoms with Crippen LogP contribution in [0.3, 0.4) is 0 Å². The molecule has 0 bridgehead atoms. The SMILES string of the molecule is CCCN1C(=S)Cc2c1nc(N)[nH]c2=O. The summed E-state index contributed by atoms with van der Waals surface area (Å²) in [6.07, 6.45) is 1.45. The second kappa shape index (κ2) is 3.62. The van der Waals surface area contributed by atoms with Gasteiger partial charge in [0.25, 0.3) is 5.56 Å². The van der Waals surface area contributed by atoms with Crippen molar-refractivity contribution >= 4 is 29.0 Å². The van der Waals surface area contributed by atoms with E-state index in [9.17, 15) is 4.79 Å². The highest BCUT2D eigenvalue weighted by Crippen LogP contribution is 2.24. The van der Waals surface area contributed by atoms with E-state index in [1.165, 1.54) is 0 Å². The van der Waals surface area contributed by atoms with E-state index in [4.69, 9.17) is 18.0 Å². The molecule has 3 N–H and O–H groups in total. The molecule has 2 rings (SSSR count). The van der Waals surface area contributed by atoms with Gasteiger partial charge in [-0.2, -0.15) is 4.98 Å². The fourth-order valence-corrected chi connectivity index (χ4v) is 2.03. The van der Waals surface area contributed by atoms with E-state index in [-0.39, 0.29) is 11.5 Å². The van der Waals surface area contributed by atoms with Crippen LogP contribution in [-0.2, 0) is 6.42 Å². The van der Waals surface area contributed by atoms with Gasteiger partial charge in [-0.05, 0) is 6.42 Å². The summed E-state index contributed by atoms with van der Waals surface area (Å²) in [5.74, 6) is 0.771. The lowest BCUT2D eigenvalue weighted by atomic mass is 10.3. The summed E-state index contributed by atoms with van der Waals surface area (Å²) in [5, 5.41) is 0. The van der Waals surface area contributed by atoms with Crippen LogP contribution in [0.2, 0.25) is 0 Å². The second-order valence-corrected chi connectivity index (χ2v) is 3.95. The largest absolute Gasteiger partial charge is 0.369 e. The number of anilines is 2. The van der Waals surface area contributed by atoms with E-state index in [0.29, 0.717) is 17.8 Å². The molecule has 0 fully saturated rings. The first-order valence-corrected chi connectivity index (χ1v) is 5.23. The lowest BCUT2D eigenvalue weighted by Crippen LogP contribution is -2.26. The lowest BCUT2D eigenvalue weighted by Gasteiger charge is -2.16. The zero-order valence-electron chi connectivity index (χ0n) is 8.41. The minimum atomic E-state index is -0.182. The number of aromatic amines is 1. The van der Waals surface area contributed by atoms with Crippen molar-refractivity contribution in [2.24, 2.45) is 0 Å². The molecule has 1 aliphatic rings. The van der Waals surface area contributed by atoms with Gasteiger partial charge >= 0.3 is 0 Å². The van der Waals surface area contributed by atoms with E-state index in [1.54, 1.807) is 0 Å². The Balaban J connectivity index is 2.53. The van der Waals surface area contributed by atoms with Crippen LogP contribution < -0.4 is 16.2 Å². The van der Waals surface area contributed by atoms with E-state index >= 15 is 0 Å². The molecule has 0 unspecified atom stereocenters. The van der Waals surface area contributed by atoms with Gasteiger partial charge in [-0.25, -0.2) is 0 Å². The van der Waals surface area contributed by atoms with Gasteiger partial charge in [0.05, 0.1) is 10.6 Å². The van der Waals surface area contributed by atoms with Crippen molar-refractivity contribution in [3.8, 4) is 0 Å². The van der Waals surface area contributed by atoms with Crippen molar-refractivity contribution < 1.29 is 0 Å². The Morgan fingerprint density at radius 3 is 3.07 bits per heavy atom. The molecular formula is C9H12N4OS. The monoisotopic (exact) mass is 224 g/mol. The second-order valence-electron chi connectivity index (χ2n) is 3.48. The zero-order chi connectivity index (χ0) is 11.0. The number of nitrogens with one attached hydrogen (secondary N) is 1. The minimum absolute atomic E-state index is 0.143. The quantitative estimate of drug-likeness (QED) is 0.713. The molecule has 0 atom stereocenters. The summed E-state index contributed by atoms with van der Waals surface area (Å²) in [6.45, 7) is 2.83. The molecule has 0 aromatic carbocycles. The molecule has 0 saturated carbocycles. The number of nitrogen functional groups attached to an aromatic ring is 1. The van der Waals surface area contributed by atoms with Crippen molar-refractivity contribution in [3.05, 3.63) is 15.9 Å². The fourth-order valence-electron chi connectivity index (χ4n) is 1.70. The molecular weight excluding hydrogens is 212 g/mol. The Hall–Kier alpha value is -1.43. The summed E-state index contributed by atoms with van der Waals surface area (Å²) in [6, 6.07) is 0. The first-order chi connectivity index (χ1) is 7.13. The molecule has 80 valence electrons. The lowest BCUT2D eigenvalue weighted by molar-refractivity contribution is 0.898. The Morgan fingerprint density at radius 2 is 2.40 bits per heavy atom. The average molecular weight is 224 g/mol. The number of hydrogen-bond donors (Lipinski definition) is 2. The topological polar surface area (TPSA) is 75.0 Å². The predicted molar refractivity (Wildman–Crippen MR) is 63.2 cm³/mol. The van der Waals surface area contributed by atoms with Crippen molar-refractivity contribution in [3.63, 3.8) is 0 Å². The molecule has 1 aromatic heterocycles. The zero-order valence-corrected chi connectivity index (χ0v) is 9.23. The van der Waals surface area contributed by atoms with Crippen LogP contribution in [0.4, 0.5) is 11.8 Å². The number of hydrogen-bond acceptors (Lipinski definition) is 4. The molecule has 1 aliphatic heterocycles. The van der Waals surface area contributed by atoms with Crippen molar-refractivity contribution in [1.82, 2.24) is 9.97 Å². The molecule has 2 heterocycles. The number of aromatic nitrogens is 2. The van der Waals surface area contributed by atoms with Crippen LogP contribution in [0.5, 0.6) is 0 Å². The summed E-state index contributed by atoms with van der Waals surface area (Å²) in [5.41, 5.74) is 5.94. The molecule has 0 aliphatic carbocycles. The summed E-state index contributed by atoms with van der Waals surface area (Å²) in [4.78, 5) is 20.8. The highest BCUT2D eigenvalue weighted by atomic mass is 32.1. The third-order valence-corrected chi connectivity index (χ3v) is 2.71. The van der Waals surface area contributed by atoms with Crippen molar-refractivity contribution in [2.75, 3.05) is 17.2 Å². The summed E-state index contributed by atoms with van der Waals surface area (Å²) >= 11 is 5.21. The maximum absolute atomic E-state index is 11.6. The van der Waals surface area contributed by atoms with E-state index in [0.717, 1.165) is 18.0 Å². The Bertz CT molecular complexity index is 468. The van der Waals surface area contributed by atoms with Crippen LogP contribution in [-0.4, -0.2) is 21.5 Å². The van der Waals surface area contributed by atoms with Gasteiger partial charge in [-0.3, -0.25) is 9.78 Å². The Kier molecular flexibility index (Phi) is 2.44. The highest BCUT2D eigenvalue weighted by Gasteiger charge is 2.27. The molecule has 0 radical (unpaired) electrons. The normalized spacial score (nSPS) is 14.5. The van der Waals surface area contributed by atoms with Gasteiger partial charge < -0.3 is 10.6 Å². The summed E-state index contributed by atoms with van der Waals surface area (Å²) in [7, 11) is 0. The average Bonchev–Trinajstić information content (AvgIpc) is 2.46. The van der Waals surface area contributed by atoms with Gasteiger partial charge in [0.2, 0.25) is 5.95 Å². The number of thiocarbonyl (C=S) groups is 1. The van der Waals surface area contributed by atoms with E-state index in [1.807, 2.05) is 4.90 Å². The van der Waals surface area contributed by atoms with Crippen molar-refractivity contribution in [2.45, 2.75) is 19.8 Å². The molecule has 1 aromatic rings. The van der Waals surface area contributed by atoms with E-state index < -0.39 is 0 Å². The number of H-pyrrole nitrogens is 1. The molecule has 5 nitrogen and oxygen atoms in total. The Labute approximate surface area is 92.3 Å². The van der Waals surface area contributed by atoms with E-state index in [2.05, 4.69) is 16.9 Å². The van der Waals surface area contributed by atoms with Crippen LogP contribution in [0.25, 0.3) is 0 Å². The first-order valence-electron chi connectivity index (χ1n) is 4.82. The standard InChI is InChI=1S/C9H12N4OS/c1-2-3-13-6(15)4-5-7(13)11-9(10)12-8(5)14/h2-4H2,1H3,(H3,10,11,12,14). The predicted octanol–water partition coefficient (Wildman–Crippen LogP) is 0.452. The molecule has 0 saturated heterocycles. The van der Waals surface area contributed by atoms with Crippen molar-refractivity contribution in [1.29, 1.82) is 0 Å². The first kappa shape index (κ1) is 10.1. The number of rotatable bonds is 2. The van der Waals surface area contributed by atoms with Crippen LogP contribution in [0, 0.1) is 0 Å². The Morgan fingerprint density at radius 1 is 1.67 bits per heavy atom. The fraction of sp³-hybridized carbons (Fsp3) is 0.444. The maximum Gasteiger partial charge on any atom is 0.258 e. The third-order valence-electron chi connectivity index (χ3n) is 2.34. The van der Waals surface area contributed by atoms with Gasteiger partial charge in [0.15, 0.2) is 0 Å². The van der Waals surface area contributed by atoms with Gasteiger partial charge in [0.1, 0.15) is 5.82 Å². The highest BCUT2D eigenvalue weighted by molar-refractivity contribution is 7.80. The van der Waals surface area contributed by atoms with Crippen LogP contribution >= 0.6 is 12.2 Å². The number of nitrogens with zero attached hydrogens (tertiary/aromatic N) is 2. The van der Waals surface area contributed by atoms with Gasteiger partial charge in [-0.1, -0.05) is 19.1 Å². The number of fused-ring (bicyclic) bond motifs is 1. The summed E-state index contributed by atoms with van der Waals surface area (Å²) < 4.78 is 0. The molecule has 0 spiro atoms. The molecule has 0 amide bonds. The smallest absolute Gasteiger partial charge is 0.258 e. The number of nitrogens with two attached hydrogens (primary N) is 1. The maximum atomic E-state index is 11.6. The van der Waals surface area contributed by atoms with Crippen LogP contribution in [0.15, 0.2) is 4.79 Å². The van der Waals surface area contributed by atoms with Gasteiger partial charge in [-0.15, -0.1) is 0 Å². The molecule has 15 heavy (non-hydrogen) atoms. The minimum Gasteiger partial charge on any atom is -0.369 e. The van der Waals surface area contributed by atoms with Gasteiger partial charge in [0, 0.05) is 13.0 Å². The molecule has 6 heteroatoms. The van der Waals surface area contributed by atoms with Crippen LogP contribution in [0.1, 0.15) is 18.9 Å². The third kappa shape index (κ3) is 1.61.